The van der Waals surface area contributed by atoms with Gasteiger partial charge in [-0.05, 0) is 30.9 Å². The van der Waals surface area contributed by atoms with E-state index in [1.54, 1.807) is 12.3 Å². The Morgan fingerprint density at radius 3 is 2.65 bits per heavy atom. The van der Waals surface area contributed by atoms with Crippen LogP contribution in [-0.4, -0.2) is 42.0 Å². The fourth-order valence-corrected chi connectivity index (χ4v) is 3.61. The highest BCUT2D eigenvalue weighted by Gasteiger charge is 2.25. The molecule has 0 aromatic carbocycles. The minimum absolute atomic E-state index is 0.315. The van der Waals surface area contributed by atoms with Crippen molar-refractivity contribution < 1.29 is 4.79 Å². The Labute approximate surface area is 137 Å². The van der Waals surface area contributed by atoms with E-state index in [-0.39, 0.29) is 0 Å². The Hall–Kier alpha value is -2.09. The van der Waals surface area contributed by atoms with Crippen molar-refractivity contribution in [3.63, 3.8) is 0 Å². The molecule has 2 aliphatic rings. The number of nitriles is 1. The van der Waals surface area contributed by atoms with Gasteiger partial charge in [0.05, 0.1) is 11.6 Å². The summed E-state index contributed by atoms with van der Waals surface area (Å²) in [6.07, 6.45) is 8.74. The van der Waals surface area contributed by atoms with Crippen molar-refractivity contribution in [3.8, 4) is 6.07 Å². The summed E-state index contributed by atoms with van der Waals surface area (Å²) in [6, 6.07) is 5.68. The third-order valence-electron chi connectivity index (χ3n) is 5.02. The molecule has 1 aliphatic carbocycles. The van der Waals surface area contributed by atoms with E-state index in [0.29, 0.717) is 17.4 Å². The van der Waals surface area contributed by atoms with E-state index in [1.807, 2.05) is 11.0 Å². The van der Waals surface area contributed by atoms with Crippen LogP contribution in [0.3, 0.4) is 0 Å². The van der Waals surface area contributed by atoms with Gasteiger partial charge in [0.1, 0.15) is 5.82 Å². The van der Waals surface area contributed by atoms with Crippen LogP contribution in [0.15, 0.2) is 18.3 Å². The molecule has 1 aliphatic heterocycles. The normalized spacial score (nSPS) is 19.4. The van der Waals surface area contributed by atoms with Gasteiger partial charge in [-0.2, -0.15) is 5.26 Å². The lowest BCUT2D eigenvalue weighted by molar-refractivity contribution is -0.132. The Bertz CT molecular complexity index is 581. The maximum atomic E-state index is 12.5. The molecule has 0 spiro atoms. The van der Waals surface area contributed by atoms with E-state index in [9.17, 15) is 4.79 Å². The molecule has 0 radical (unpaired) electrons. The number of nitrogens with zero attached hydrogens (tertiary/aromatic N) is 4. The maximum absolute atomic E-state index is 12.5. The predicted octanol–water partition coefficient (Wildman–Crippen LogP) is 2.57. The average molecular weight is 312 g/mol. The van der Waals surface area contributed by atoms with Gasteiger partial charge in [-0.25, -0.2) is 4.98 Å². The lowest BCUT2D eigenvalue weighted by atomic mass is 9.86. The molecule has 1 amide bonds. The summed E-state index contributed by atoms with van der Waals surface area (Å²) in [4.78, 5) is 21.0. The van der Waals surface area contributed by atoms with Crippen LogP contribution in [0.1, 0.15) is 44.1 Å². The second kappa shape index (κ2) is 7.45. The molecule has 1 aromatic heterocycles. The van der Waals surface area contributed by atoms with Crippen LogP contribution in [0.4, 0.5) is 5.82 Å². The number of hydrogen-bond donors (Lipinski definition) is 0. The molecule has 1 saturated heterocycles. The summed E-state index contributed by atoms with van der Waals surface area (Å²) in [7, 11) is 0. The van der Waals surface area contributed by atoms with Crippen LogP contribution in [0, 0.1) is 17.2 Å². The summed E-state index contributed by atoms with van der Waals surface area (Å²) in [6.45, 7) is 3.09. The Morgan fingerprint density at radius 2 is 1.96 bits per heavy atom. The average Bonchev–Trinajstić information content (AvgIpc) is 2.63. The van der Waals surface area contributed by atoms with Crippen molar-refractivity contribution in [2.45, 2.75) is 38.5 Å². The Morgan fingerprint density at radius 1 is 1.22 bits per heavy atom. The molecule has 1 saturated carbocycles. The Kier molecular flexibility index (Phi) is 5.12. The molecule has 2 heterocycles. The van der Waals surface area contributed by atoms with E-state index in [2.05, 4.69) is 16.0 Å². The number of carbonyl (C=O) groups excluding carboxylic acids is 1. The molecule has 0 atom stereocenters. The van der Waals surface area contributed by atoms with Crippen LogP contribution in [-0.2, 0) is 4.79 Å². The number of rotatable bonds is 3. The number of anilines is 1. The first-order valence-electron chi connectivity index (χ1n) is 8.65. The second-order valence-electron chi connectivity index (χ2n) is 6.59. The number of hydrogen-bond acceptors (Lipinski definition) is 4. The first-order chi connectivity index (χ1) is 11.3. The van der Waals surface area contributed by atoms with Crippen molar-refractivity contribution in [1.29, 1.82) is 5.26 Å². The highest BCUT2D eigenvalue weighted by molar-refractivity contribution is 5.76. The van der Waals surface area contributed by atoms with E-state index in [0.717, 1.165) is 38.4 Å². The highest BCUT2D eigenvalue weighted by Crippen LogP contribution is 2.27. The number of amides is 1. The van der Waals surface area contributed by atoms with Gasteiger partial charge in [0, 0.05) is 38.8 Å². The van der Waals surface area contributed by atoms with Gasteiger partial charge in [-0.15, -0.1) is 0 Å². The minimum Gasteiger partial charge on any atom is -0.353 e. The number of carbonyl (C=O) groups is 1. The van der Waals surface area contributed by atoms with Crippen LogP contribution in [0.5, 0.6) is 0 Å². The van der Waals surface area contributed by atoms with E-state index < -0.39 is 0 Å². The summed E-state index contributed by atoms with van der Waals surface area (Å²) in [5, 5.41) is 8.98. The van der Waals surface area contributed by atoms with Crippen molar-refractivity contribution in [2.24, 2.45) is 5.92 Å². The van der Waals surface area contributed by atoms with Gasteiger partial charge >= 0.3 is 0 Å². The lowest BCUT2D eigenvalue weighted by Gasteiger charge is -2.36. The molecule has 0 bridgehead atoms. The molecule has 2 fully saturated rings. The molecule has 1 aromatic rings. The SMILES string of the molecule is N#Cc1ccnc(N2CCN(C(=O)CC3CCCCC3)CC2)c1. The smallest absolute Gasteiger partial charge is 0.222 e. The quantitative estimate of drug-likeness (QED) is 0.860. The van der Waals surface area contributed by atoms with E-state index >= 15 is 0 Å². The van der Waals surface area contributed by atoms with Crippen molar-refractivity contribution in [1.82, 2.24) is 9.88 Å². The molecule has 0 N–H and O–H groups in total. The molecule has 23 heavy (non-hydrogen) atoms. The van der Waals surface area contributed by atoms with Crippen molar-refractivity contribution in [2.75, 3.05) is 31.1 Å². The van der Waals surface area contributed by atoms with Gasteiger partial charge in [-0.3, -0.25) is 4.79 Å². The van der Waals surface area contributed by atoms with Gasteiger partial charge in [0.25, 0.3) is 0 Å². The monoisotopic (exact) mass is 312 g/mol. The van der Waals surface area contributed by atoms with Crippen LogP contribution in [0.2, 0.25) is 0 Å². The second-order valence-corrected chi connectivity index (χ2v) is 6.59. The number of pyridine rings is 1. The first kappa shape index (κ1) is 15.8. The fraction of sp³-hybridized carbons (Fsp3) is 0.611. The molecular formula is C18H24N4O. The summed E-state index contributed by atoms with van der Waals surface area (Å²) >= 11 is 0. The van der Waals surface area contributed by atoms with Crippen LogP contribution < -0.4 is 4.90 Å². The van der Waals surface area contributed by atoms with Crippen LogP contribution >= 0.6 is 0 Å². The third kappa shape index (κ3) is 4.01. The number of aromatic nitrogens is 1. The third-order valence-corrected chi connectivity index (χ3v) is 5.02. The van der Waals surface area contributed by atoms with E-state index in [1.165, 1.54) is 32.1 Å². The van der Waals surface area contributed by atoms with Gasteiger partial charge in [-0.1, -0.05) is 19.3 Å². The molecule has 3 rings (SSSR count). The van der Waals surface area contributed by atoms with Gasteiger partial charge < -0.3 is 9.80 Å². The topological polar surface area (TPSA) is 60.2 Å². The van der Waals surface area contributed by atoms with Gasteiger partial charge in [0.15, 0.2) is 0 Å². The van der Waals surface area contributed by atoms with Gasteiger partial charge in [0.2, 0.25) is 5.91 Å². The highest BCUT2D eigenvalue weighted by atomic mass is 16.2. The van der Waals surface area contributed by atoms with E-state index in [4.69, 9.17) is 5.26 Å². The summed E-state index contributed by atoms with van der Waals surface area (Å²) in [5.74, 6) is 1.75. The molecule has 5 heteroatoms. The molecule has 0 unspecified atom stereocenters. The minimum atomic E-state index is 0.315. The maximum Gasteiger partial charge on any atom is 0.222 e. The largest absolute Gasteiger partial charge is 0.353 e. The standard InChI is InChI=1S/C18H24N4O/c19-14-16-6-7-20-17(12-16)21-8-10-22(11-9-21)18(23)13-15-4-2-1-3-5-15/h6-7,12,15H,1-5,8-11,13H2. The molecule has 122 valence electrons. The first-order valence-corrected chi connectivity index (χ1v) is 8.65. The lowest BCUT2D eigenvalue weighted by Crippen LogP contribution is -2.49. The summed E-state index contributed by atoms with van der Waals surface area (Å²) < 4.78 is 0. The Balaban J connectivity index is 1.51. The zero-order valence-electron chi connectivity index (χ0n) is 13.6. The zero-order valence-corrected chi connectivity index (χ0v) is 13.6. The summed E-state index contributed by atoms with van der Waals surface area (Å²) in [5.41, 5.74) is 0.630. The predicted molar refractivity (Wildman–Crippen MR) is 88.9 cm³/mol. The molecular weight excluding hydrogens is 288 g/mol. The van der Waals surface area contributed by atoms with Crippen molar-refractivity contribution >= 4 is 11.7 Å². The zero-order chi connectivity index (χ0) is 16.1. The fourth-order valence-electron chi connectivity index (χ4n) is 3.61. The van der Waals surface area contributed by atoms with Crippen molar-refractivity contribution in [3.05, 3.63) is 23.9 Å². The number of piperazine rings is 1. The molecule has 5 nitrogen and oxygen atoms in total. The van der Waals surface area contributed by atoms with Crippen LogP contribution in [0.25, 0.3) is 0 Å².